The van der Waals surface area contributed by atoms with Crippen LogP contribution in [0.3, 0.4) is 0 Å². The highest BCUT2D eigenvalue weighted by atomic mass is 16.6. The van der Waals surface area contributed by atoms with Crippen molar-refractivity contribution in [1.29, 1.82) is 0 Å². The minimum Gasteiger partial charge on any atom is -0.444 e. The van der Waals surface area contributed by atoms with Crippen LogP contribution in [-0.2, 0) is 4.74 Å². The molecule has 2 aromatic heterocycles. The molecule has 3 heterocycles. The number of amides is 1. The Balaban J connectivity index is 1.36. The van der Waals surface area contributed by atoms with Crippen LogP contribution < -0.4 is 11.1 Å². The van der Waals surface area contributed by atoms with E-state index in [0.717, 1.165) is 42.6 Å². The molecule has 4 rings (SSSR count). The van der Waals surface area contributed by atoms with Crippen LogP contribution in [0.5, 0.6) is 0 Å². The Morgan fingerprint density at radius 1 is 1.25 bits per heavy atom. The molecular formula is C20H28N6O2. The number of nitrogens with zero attached hydrogens (tertiary/aromatic N) is 4. The molecular weight excluding hydrogens is 356 g/mol. The number of anilines is 2. The number of carbonyl (C=O) groups excluding carboxylic acids is 1. The number of nitrogens with two attached hydrogens (primary N) is 1. The third-order valence-corrected chi connectivity index (χ3v) is 5.42. The molecule has 0 aromatic carbocycles. The number of carbonyl (C=O) groups is 1. The number of likely N-dealkylation sites (tertiary alicyclic amines) is 1. The first-order chi connectivity index (χ1) is 13.0. The van der Waals surface area contributed by atoms with Gasteiger partial charge in [-0.3, -0.25) is 0 Å². The summed E-state index contributed by atoms with van der Waals surface area (Å²) in [5.41, 5.74) is 8.46. The van der Waals surface area contributed by atoms with Crippen molar-refractivity contribution in [2.75, 3.05) is 24.1 Å². The third kappa shape index (κ3) is 3.43. The van der Waals surface area contributed by atoms with Crippen molar-refractivity contribution >= 4 is 28.9 Å². The molecule has 28 heavy (non-hydrogen) atoms. The predicted octanol–water partition coefficient (Wildman–Crippen LogP) is 3.04. The number of rotatable bonds is 2. The molecule has 0 atom stereocenters. The van der Waals surface area contributed by atoms with E-state index >= 15 is 0 Å². The molecule has 2 aliphatic rings. The first-order valence-corrected chi connectivity index (χ1v) is 9.70. The van der Waals surface area contributed by atoms with Gasteiger partial charge in [0.1, 0.15) is 11.4 Å². The average molecular weight is 384 g/mol. The lowest BCUT2D eigenvalue weighted by Gasteiger charge is -2.58. The highest BCUT2D eigenvalue weighted by Crippen LogP contribution is 2.49. The maximum Gasteiger partial charge on any atom is 0.410 e. The van der Waals surface area contributed by atoms with Crippen molar-refractivity contribution in [3.63, 3.8) is 0 Å². The summed E-state index contributed by atoms with van der Waals surface area (Å²) in [5, 5.41) is 4.19. The van der Waals surface area contributed by atoms with E-state index < -0.39 is 5.60 Å². The highest BCUT2D eigenvalue weighted by molar-refractivity contribution is 5.89. The van der Waals surface area contributed by atoms with Gasteiger partial charge in [-0.15, -0.1) is 0 Å². The van der Waals surface area contributed by atoms with Gasteiger partial charge in [0.05, 0.1) is 5.39 Å². The zero-order valence-electron chi connectivity index (χ0n) is 17.2. The van der Waals surface area contributed by atoms with Crippen molar-refractivity contribution in [2.45, 2.75) is 59.1 Å². The maximum atomic E-state index is 12.1. The molecule has 150 valence electrons. The van der Waals surface area contributed by atoms with Gasteiger partial charge in [0.15, 0.2) is 5.65 Å². The fourth-order valence-electron chi connectivity index (χ4n) is 4.32. The summed E-state index contributed by atoms with van der Waals surface area (Å²) in [6.45, 7) is 11.1. The fourth-order valence-corrected chi connectivity index (χ4v) is 4.32. The Morgan fingerprint density at radius 2 is 1.93 bits per heavy atom. The topological polar surface area (TPSA) is 106 Å². The van der Waals surface area contributed by atoms with E-state index in [2.05, 4.69) is 20.3 Å². The molecule has 1 saturated heterocycles. The largest absolute Gasteiger partial charge is 0.444 e. The van der Waals surface area contributed by atoms with E-state index in [0.29, 0.717) is 17.4 Å². The molecule has 1 aliphatic heterocycles. The summed E-state index contributed by atoms with van der Waals surface area (Å²) in [7, 11) is 0. The second-order valence-corrected chi connectivity index (χ2v) is 9.30. The monoisotopic (exact) mass is 384 g/mol. The van der Waals surface area contributed by atoms with E-state index in [1.54, 1.807) is 4.90 Å². The Labute approximate surface area is 164 Å². The SMILES string of the molecule is Cc1cc(C)c2c(N)nc(NC3CC4(C3)CN(C(=O)OC(C)(C)C)C4)nc2n1. The molecule has 2 aromatic rings. The summed E-state index contributed by atoms with van der Waals surface area (Å²) in [4.78, 5) is 27.4. The Kier molecular flexibility index (Phi) is 4.13. The van der Waals surface area contributed by atoms with E-state index in [1.807, 2.05) is 40.7 Å². The van der Waals surface area contributed by atoms with Gasteiger partial charge in [0.25, 0.3) is 0 Å². The number of aromatic nitrogens is 3. The Hall–Kier alpha value is -2.64. The van der Waals surface area contributed by atoms with Crippen LogP contribution in [0.15, 0.2) is 6.07 Å². The lowest BCUT2D eigenvalue weighted by Crippen LogP contribution is -2.66. The lowest BCUT2D eigenvalue weighted by molar-refractivity contribution is -0.0739. The Morgan fingerprint density at radius 3 is 2.57 bits per heavy atom. The molecule has 1 aliphatic carbocycles. The van der Waals surface area contributed by atoms with Gasteiger partial charge in [-0.2, -0.15) is 9.97 Å². The van der Waals surface area contributed by atoms with Crippen molar-refractivity contribution in [2.24, 2.45) is 5.41 Å². The summed E-state index contributed by atoms with van der Waals surface area (Å²) in [6.07, 6.45) is 1.74. The summed E-state index contributed by atoms with van der Waals surface area (Å²) >= 11 is 0. The molecule has 0 radical (unpaired) electrons. The fraction of sp³-hybridized carbons (Fsp3) is 0.600. The quantitative estimate of drug-likeness (QED) is 0.819. The smallest absolute Gasteiger partial charge is 0.410 e. The number of hydrogen-bond donors (Lipinski definition) is 2. The van der Waals surface area contributed by atoms with E-state index in [-0.39, 0.29) is 17.6 Å². The van der Waals surface area contributed by atoms with Gasteiger partial charge in [-0.25, -0.2) is 9.78 Å². The van der Waals surface area contributed by atoms with E-state index in [1.165, 1.54) is 0 Å². The molecule has 2 fully saturated rings. The van der Waals surface area contributed by atoms with Crippen LogP contribution in [0.25, 0.3) is 11.0 Å². The van der Waals surface area contributed by atoms with Crippen LogP contribution in [-0.4, -0.2) is 50.7 Å². The van der Waals surface area contributed by atoms with Crippen LogP contribution >= 0.6 is 0 Å². The van der Waals surface area contributed by atoms with Crippen LogP contribution in [0.1, 0.15) is 44.9 Å². The standard InChI is InChI=1S/C20H28N6O2/c1-11-6-12(2)22-16-14(11)15(21)24-17(25-16)23-13-7-20(8-13)9-26(10-20)18(27)28-19(3,4)5/h6,13H,7-10H2,1-5H3,(H3,21,22,23,24,25). The van der Waals surface area contributed by atoms with Crippen LogP contribution in [0.2, 0.25) is 0 Å². The number of ether oxygens (including phenoxy) is 1. The lowest BCUT2D eigenvalue weighted by atomic mass is 9.61. The second kappa shape index (κ2) is 6.18. The number of nitrogens with one attached hydrogen (secondary N) is 1. The van der Waals surface area contributed by atoms with Gasteiger partial charge in [0.2, 0.25) is 5.95 Å². The molecule has 0 bridgehead atoms. The molecule has 8 heteroatoms. The summed E-state index contributed by atoms with van der Waals surface area (Å²) < 4.78 is 5.43. The number of hydrogen-bond acceptors (Lipinski definition) is 7. The first kappa shape index (κ1) is 18.7. The second-order valence-electron chi connectivity index (χ2n) is 9.30. The van der Waals surface area contributed by atoms with Crippen molar-refractivity contribution in [3.05, 3.63) is 17.3 Å². The molecule has 8 nitrogen and oxygen atoms in total. The van der Waals surface area contributed by atoms with Crippen LogP contribution in [0, 0.1) is 19.3 Å². The van der Waals surface area contributed by atoms with Gasteiger partial charge in [-0.1, -0.05) is 0 Å². The highest BCUT2D eigenvalue weighted by Gasteiger charge is 2.54. The number of aryl methyl sites for hydroxylation is 2. The number of pyridine rings is 1. The van der Waals surface area contributed by atoms with E-state index in [9.17, 15) is 4.79 Å². The zero-order chi connectivity index (χ0) is 20.3. The van der Waals surface area contributed by atoms with Crippen molar-refractivity contribution in [3.8, 4) is 0 Å². The van der Waals surface area contributed by atoms with Gasteiger partial charge in [-0.05, 0) is 59.1 Å². The van der Waals surface area contributed by atoms with E-state index in [4.69, 9.17) is 10.5 Å². The van der Waals surface area contributed by atoms with Crippen molar-refractivity contribution in [1.82, 2.24) is 19.9 Å². The first-order valence-electron chi connectivity index (χ1n) is 9.70. The van der Waals surface area contributed by atoms with Crippen LogP contribution in [0.4, 0.5) is 16.6 Å². The number of fused-ring (bicyclic) bond motifs is 1. The normalized spacial score (nSPS) is 18.7. The zero-order valence-corrected chi connectivity index (χ0v) is 17.2. The number of nitrogen functional groups attached to an aromatic ring is 1. The molecule has 0 unspecified atom stereocenters. The molecule has 1 spiro atoms. The maximum absolute atomic E-state index is 12.1. The predicted molar refractivity (Wildman–Crippen MR) is 108 cm³/mol. The van der Waals surface area contributed by atoms with Gasteiger partial charge in [0, 0.05) is 30.2 Å². The Bertz CT molecular complexity index is 938. The van der Waals surface area contributed by atoms with Gasteiger partial charge < -0.3 is 20.7 Å². The minimum atomic E-state index is -0.457. The summed E-state index contributed by atoms with van der Waals surface area (Å²) in [5.74, 6) is 0.969. The molecule has 1 amide bonds. The summed E-state index contributed by atoms with van der Waals surface area (Å²) in [6, 6.07) is 2.27. The molecule has 3 N–H and O–H groups in total. The van der Waals surface area contributed by atoms with Gasteiger partial charge >= 0.3 is 6.09 Å². The van der Waals surface area contributed by atoms with Crippen molar-refractivity contribution < 1.29 is 9.53 Å². The minimum absolute atomic E-state index is 0.197. The molecule has 1 saturated carbocycles. The third-order valence-electron chi connectivity index (χ3n) is 5.42. The average Bonchev–Trinajstić information content (AvgIpc) is 2.44.